The molecule has 1 aliphatic rings. The summed E-state index contributed by atoms with van der Waals surface area (Å²) < 4.78 is 18.1. The minimum absolute atomic E-state index is 0.214. The fraction of sp³-hybridized carbons (Fsp3) is 0.500. The highest BCUT2D eigenvalue weighted by atomic mass is 28.4. The van der Waals surface area contributed by atoms with Gasteiger partial charge in [-0.2, -0.15) is 0 Å². The molecule has 35 heavy (non-hydrogen) atoms. The summed E-state index contributed by atoms with van der Waals surface area (Å²) in [6.07, 6.45) is -0.505. The molecule has 0 aromatic heterocycles. The van der Waals surface area contributed by atoms with Gasteiger partial charge in [0.2, 0.25) is 0 Å². The first-order valence-corrected chi connectivity index (χ1v) is 14.2. The first-order chi connectivity index (χ1) is 16.4. The van der Waals surface area contributed by atoms with Crippen LogP contribution in [-0.4, -0.2) is 56.2 Å². The highest BCUT2D eigenvalue weighted by Gasteiger charge is 2.54. The van der Waals surface area contributed by atoms with Crippen LogP contribution in [0.15, 0.2) is 60.7 Å². The Balaban J connectivity index is 2.04. The third-order valence-corrected chi connectivity index (χ3v) is 11.3. The molecule has 1 saturated heterocycles. The van der Waals surface area contributed by atoms with E-state index in [1.165, 1.54) is 4.90 Å². The molecular weight excluding hydrogens is 458 g/mol. The van der Waals surface area contributed by atoms with Gasteiger partial charge in [-0.3, -0.25) is 4.90 Å². The summed E-state index contributed by atoms with van der Waals surface area (Å²) >= 11 is 0. The van der Waals surface area contributed by atoms with Crippen LogP contribution < -0.4 is 10.4 Å². The molecule has 3 rings (SSSR count). The van der Waals surface area contributed by atoms with Crippen molar-refractivity contribution in [1.82, 2.24) is 4.90 Å². The van der Waals surface area contributed by atoms with Crippen molar-refractivity contribution in [3.63, 3.8) is 0 Å². The molecule has 2 aromatic rings. The molecule has 7 heteroatoms. The van der Waals surface area contributed by atoms with Crippen LogP contribution in [0.1, 0.15) is 54.9 Å². The zero-order valence-electron chi connectivity index (χ0n) is 22.0. The quantitative estimate of drug-likeness (QED) is 0.434. The Morgan fingerprint density at radius 1 is 0.914 bits per heavy atom. The van der Waals surface area contributed by atoms with E-state index in [0.717, 1.165) is 10.4 Å². The van der Waals surface area contributed by atoms with Crippen LogP contribution in [0.5, 0.6) is 0 Å². The van der Waals surface area contributed by atoms with Gasteiger partial charge in [-0.05, 0) is 43.1 Å². The van der Waals surface area contributed by atoms with Crippen LogP contribution in [0, 0.1) is 0 Å². The normalized spacial score (nSPS) is 18.9. The number of carbonyl (C=O) groups excluding carboxylic acids is 2. The zero-order valence-corrected chi connectivity index (χ0v) is 23.0. The lowest BCUT2D eigenvalue weighted by Gasteiger charge is -2.44. The van der Waals surface area contributed by atoms with Crippen LogP contribution >= 0.6 is 0 Å². The molecule has 0 bridgehead atoms. The molecule has 6 nitrogen and oxygen atoms in total. The van der Waals surface area contributed by atoms with Gasteiger partial charge in [0.05, 0.1) is 12.7 Å². The summed E-state index contributed by atoms with van der Waals surface area (Å²) in [5.41, 5.74) is -0.673. The van der Waals surface area contributed by atoms with E-state index < -0.39 is 32.0 Å². The maximum atomic E-state index is 13.1. The standard InChI is InChI=1S/C28H39NO5Si/c1-8-32-25(30)24-19-21(20-29(24)26(31)33-27(2,3)4)34-35(28(5,6)7,22-15-11-9-12-16-22)23-17-13-10-14-18-23/h9-18,21,24H,8,19-20H2,1-7H3/t21-,24-/m0/s1. The van der Waals surface area contributed by atoms with Gasteiger partial charge in [-0.1, -0.05) is 81.4 Å². The van der Waals surface area contributed by atoms with Gasteiger partial charge in [-0.25, -0.2) is 9.59 Å². The molecule has 1 amide bonds. The summed E-state index contributed by atoms with van der Waals surface area (Å²) in [6.45, 7) is 14.4. The van der Waals surface area contributed by atoms with E-state index >= 15 is 0 Å². The van der Waals surface area contributed by atoms with Crippen LogP contribution in [-0.2, 0) is 18.7 Å². The number of likely N-dealkylation sites (tertiary alicyclic amines) is 1. The lowest BCUT2D eigenvalue weighted by atomic mass is 10.2. The van der Waals surface area contributed by atoms with E-state index in [9.17, 15) is 9.59 Å². The summed E-state index contributed by atoms with van der Waals surface area (Å²) in [5.74, 6) is -0.424. The van der Waals surface area contributed by atoms with Crippen molar-refractivity contribution in [1.29, 1.82) is 0 Å². The van der Waals surface area contributed by atoms with Crippen LogP contribution in [0.4, 0.5) is 4.79 Å². The van der Waals surface area contributed by atoms with E-state index in [4.69, 9.17) is 13.9 Å². The second-order valence-electron chi connectivity index (χ2n) is 11.0. The molecule has 0 spiro atoms. The summed E-state index contributed by atoms with van der Waals surface area (Å²) in [7, 11) is -2.84. The van der Waals surface area contributed by atoms with Crippen molar-refractivity contribution in [2.75, 3.05) is 13.2 Å². The number of rotatable bonds is 6. The lowest BCUT2D eigenvalue weighted by molar-refractivity contribution is -0.148. The first-order valence-electron chi connectivity index (χ1n) is 12.3. The molecule has 2 aromatic carbocycles. The Morgan fingerprint density at radius 2 is 1.43 bits per heavy atom. The third kappa shape index (κ3) is 5.96. The number of nitrogens with zero attached hydrogens (tertiary/aromatic N) is 1. The zero-order chi connectivity index (χ0) is 25.9. The van der Waals surface area contributed by atoms with Crippen LogP contribution in [0.3, 0.4) is 0 Å². The summed E-state index contributed by atoms with van der Waals surface area (Å²) in [5, 5.41) is 2.10. The maximum Gasteiger partial charge on any atom is 0.411 e. The SMILES string of the molecule is CCOC(=O)[C@@H]1C[C@H](O[Si](c2ccccc2)(c2ccccc2)C(C)(C)C)CN1C(=O)OC(C)(C)C. The van der Waals surface area contributed by atoms with Crippen LogP contribution in [0.2, 0.25) is 5.04 Å². The minimum atomic E-state index is -2.84. The van der Waals surface area contributed by atoms with Gasteiger partial charge in [0.1, 0.15) is 11.6 Å². The fourth-order valence-corrected chi connectivity index (χ4v) is 9.49. The van der Waals surface area contributed by atoms with Gasteiger partial charge in [-0.15, -0.1) is 0 Å². The van der Waals surface area contributed by atoms with Gasteiger partial charge < -0.3 is 13.9 Å². The van der Waals surface area contributed by atoms with Crippen molar-refractivity contribution in [2.24, 2.45) is 0 Å². The molecule has 1 aliphatic heterocycles. The Bertz CT molecular complexity index is 958. The predicted octanol–water partition coefficient (Wildman–Crippen LogP) is 4.50. The lowest BCUT2D eigenvalue weighted by Crippen LogP contribution is -2.67. The highest BCUT2D eigenvalue weighted by molar-refractivity contribution is 6.99. The number of esters is 1. The number of carbonyl (C=O) groups is 2. The van der Waals surface area contributed by atoms with Gasteiger partial charge in [0.15, 0.2) is 0 Å². The Labute approximate surface area is 210 Å². The average molecular weight is 498 g/mol. The number of amides is 1. The minimum Gasteiger partial charge on any atom is -0.464 e. The van der Waals surface area contributed by atoms with Crippen molar-refractivity contribution in [2.45, 2.75) is 77.7 Å². The number of benzene rings is 2. The Hall–Kier alpha value is -2.64. The Morgan fingerprint density at radius 3 is 1.86 bits per heavy atom. The molecular formula is C28H39NO5Si. The molecule has 0 radical (unpaired) electrons. The van der Waals surface area contributed by atoms with E-state index in [2.05, 4.69) is 45.0 Å². The fourth-order valence-electron chi connectivity index (χ4n) is 4.81. The van der Waals surface area contributed by atoms with E-state index in [-0.39, 0.29) is 24.3 Å². The second-order valence-corrected chi connectivity index (χ2v) is 15.3. The van der Waals surface area contributed by atoms with Gasteiger partial charge in [0, 0.05) is 13.0 Å². The van der Waals surface area contributed by atoms with E-state index in [1.54, 1.807) is 6.92 Å². The largest absolute Gasteiger partial charge is 0.464 e. The van der Waals surface area contributed by atoms with E-state index in [1.807, 2.05) is 57.2 Å². The number of hydrogen-bond acceptors (Lipinski definition) is 5. The summed E-state index contributed by atoms with van der Waals surface area (Å²) in [6, 6.07) is 20.0. The molecule has 190 valence electrons. The highest BCUT2D eigenvalue weighted by Crippen LogP contribution is 2.39. The number of hydrogen-bond donors (Lipinski definition) is 0. The summed E-state index contributed by atoms with van der Waals surface area (Å²) in [4.78, 5) is 27.4. The molecule has 1 fully saturated rings. The molecule has 0 aliphatic carbocycles. The van der Waals surface area contributed by atoms with Crippen molar-refractivity contribution in [3.8, 4) is 0 Å². The van der Waals surface area contributed by atoms with Crippen molar-refractivity contribution >= 4 is 30.8 Å². The maximum absolute atomic E-state index is 13.1. The average Bonchev–Trinajstić information content (AvgIpc) is 3.21. The molecule has 2 atom stereocenters. The molecule has 0 N–H and O–H groups in total. The van der Waals surface area contributed by atoms with Crippen molar-refractivity contribution in [3.05, 3.63) is 60.7 Å². The molecule has 0 saturated carbocycles. The van der Waals surface area contributed by atoms with Gasteiger partial charge in [0.25, 0.3) is 8.32 Å². The van der Waals surface area contributed by atoms with Crippen molar-refractivity contribution < 1.29 is 23.5 Å². The predicted molar refractivity (Wildman–Crippen MR) is 140 cm³/mol. The molecule has 0 unspecified atom stereocenters. The molecule has 1 heterocycles. The van der Waals surface area contributed by atoms with Crippen LogP contribution in [0.25, 0.3) is 0 Å². The third-order valence-electron chi connectivity index (χ3n) is 6.21. The number of ether oxygens (including phenoxy) is 2. The van der Waals surface area contributed by atoms with E-state index in [0.29, 0.717) is 6.42 Å². The van der Waals surface area contributed by atoms with Gasteiger partial charge >= 0.3 is 12.1 Å². The second kappa shape index (κ2) is 10.5. The first kappa shape index (κ1) is 27.0. The topological polar surface area (TPSA) is 65.1 Å². The monoisotopic (exact) mass is 497 g/mol. The smallest absolute Gasteiger partial charge is 0.411 e. The Kier molecular flexibility index (Phi) is 8.12.